The Kier molecular flexibility index (Phi) is 3.39. The Labute approximate surface area is 110 Å². The van der Waals surface area contributed by atoms with Crippen molar-refractivity contribution in [2.45, 2.75) is 0 Å². The molecule has 2 rings (SSSR count). The first-order valence-electron chi connectivity index (χ1n) is 4.66. The van der Waals surface area contributed by atoms with Gasteiger partial charge in [0.25, 0.3) is 11.6 Å². The van der Waals surface area contributed by atoms with E-state index in [9.17, 15) is 19.3 Å². The number of nitrogens with one attached hydrogen (secondary N) is 1. The van der Waals surface area contributed by atoms with Crippen LogP contribution in [0.5, 0.6) is 0 Å². The van der Waals surface area contributed by atoms with E-state index in [2.05, 4.69) is 5.32 Å². The Morgan fingerprint density at radius 2 is 2.22 bits per heavy atom. The molecule has 1 aliphatic rings. The number of carbonyl (C=O) groups excluding carboxylic acids is 1. The summed E-state index contributed by atoms with van der Waals surface area (Å²) in [6.07, 6.45) is 1.24. The molecule has 1 saturated heterocycles. The normalized spacial score (nSPS) is 17.1. The molecule has 0 saturated carbocycles. The van der Waals surface area contributed by atoms with Gasteiger partial charge in [-0.25, -0.2) is 4.39 Å². The van der Waals surface area contributed by atoms with Crippen LogP contribution in [0.15, 0.2) is 23.1 Å². The molecule has 0 spiro atoms. The zero-order chi connectivity index (χ0) is 13.3. The molecule has 1 amide bonds. The van der Waals surface area contributed by atoms with Gasteiger partial charge >= 0.3 is 0 Å². The van der Waals surface area contributed by atoms with Gasteiger partial charge in [0, 0.05) is 17.7 Å². The Morgan fingerprint density at radius 1 is 1.50 bits per heavy atom. The number of nitrogens with zero attached hydrogens (tertiary/aromatic N) is 1. The molecule has 1 heterocycles. The molecule has 18 heavy (non-hydrogen) atoms. The van der Waals surface area contributed by atoms with E-state index in [1.165, 1.54) is 6.08 Å². The lowest BCUT2D eigenvalue weighted by Crippen LogP contribution is -2.17. The van der Waals surface area contributed by atoms with Crippen molar-refractivity contribution in [2.75, 3.05) is 0 Å². The maximum Gasteiger partial charge on any atom is 0.270 e. The number of non-ortho nitro benzene ring substituents is 1. The summed E-state index contributed by atoms with van der Waals surface area (Å²) in [6, 6.07) is 3.11. The van der Waals surface area contributed by atoms with Gasteiger partial charge in [-0.3, -0.25) is 14.9 Å². The summed E-state index contributed by atoms with van der Waals surface area (Å²) in [5, 5.41) is 12.9. The number of thiocarbonyl (C=S) groups is 1. The summed E-state index contributed by atoms with van der Waals surface area (Å²) < 4.78 is 13.7. The molecule has 1 N–H and O–H groups in total. The van der Waals surface area contributed by atoms with E-state index in [1.54, 1.807) is 0 Å². The Hall–Kier alpha value is -1.80. The Morgan fingerprint density at radius 3 is 2.78 bits per heavy atom. The standard InChI is InChI=1S/C10H5FN2O3S2/c11-7-2-1-6(13(15)16)3-5(7)4-8-9(14)12-10(17)18-8/h1-4H,(H,12,14,17)/b8-4-. The summed E-state index contributed by atoms with van der Waals surface area (Å²) in [7, 11) is 0. The average Bonchev–Trinajstić information content (AvgIpc) is 2.60. The lowest BCUT2D eigenvalue weighted by molar-refractivity contribution is -0.384. The van der Waals surface area contributed by atoms with E-state index in [1.807, 2.05) is 0 Å². The summed E-state index contributed by atoms with van der Waals surface area (Å²) in [5.41, 5.74) is -0.263. The van der Waals surface area contributed by atoms with Crippen molar-refractivity contribution in [3.8, 4) is 0 Å². The van der Waals surface area contributed by atoms with Crippen LogP contribution in [-0.2, 0) is 4.79 Å². The van der Waals surface area contributed by atoms with Crippen molar-refractivity contribution in [2.24, 2.45) is 0 Å². The van der Waals surface area contributed by atoms with Gasteiger partial charge in [0.05, 0.1) is 9.83 Å². The smallest absolute Gasteiger partial charge is 0.270 e. The Balaban J connectivity index is 2.42. The van der Waals surface area contributed by atoms with Gasteiger partial charge in [-0.05, 0) is 12.1 Å². The third kappa shape index (κ3) is 2.54. The van der Waals surface area contributed by atoms with Crippen LogP contribution in [-0.4, -0.2) is 15.2 Å². The molecule has 0 bridgehead atoms. The van der Waals surface area contributed by atoms with Crippen molar-refractivity contribution < 1.29 is 14.1 Å². The molecule has 92 valence electrons. The number of hydrogen-bond donors (Lipinski definition) is 1. The van der Waals surface area contributed by atoms with E-state index in [0.29, 0.717) is 0 Å². The minimum atomic E-state index is -0.640. The number of amides is 1. The second-order valence-electron chi connectivity index (χ2n) is 3.32. The first kappa shape index (κ1) is 12.7. The molecule has 8 heteroatoms. The highest BCUT2D eigenvalue weighted by molar-refractivity contribution is 8.26. The monoisotopic (exact) mass is 284 g/mol. The number of nitro benzene ring substituents is 1. The van der Waals surface area contributed by atoms with Gasteiger partial charge in [-0.2, -0.15) is 0 Å². The number of nitro groups is 1. The van der Waals surface area contributed by atoms with Gasteiger partial charge in [-0.15, -0.1) is 0 Å². The maximum absolute atomic E-state index is 13.5. The van der Waals surface area contributed by atoms with Crippen LogP contribution in [0, 0.1) is 15.9 Å². The van der Waals surface area contributed by atoms with Crippen LogP contribution < -0.4 is 5.32 Å². The number of thioether (sulfide) groups is 1. The number of carbonyl (C=O) groups is 1. The summed E-state index contributed by atoms with van der Waals surface area (Å²) in [4.78, 5) is 21.5. The van der Waals surface area contributed by atoms with E-state index < -0.39 is 16.6 Å². The van der Waals surface area contributed by atoms with E-state index in [4.69, 9.17) is 12.2 Å². The highest BCUT2D eigenvalue weighted by atomic mass is 32.2. The minimum Gasteiger partial charge on any atom is -0.307 e. The van der Waals surface area contributed by atoms with Gasteiger partial charge in [0.2, 0.25) is 0 Å². The predicted octanol–water partition coefficient (Wildman–Crippen LogP) is 2.22. The second kappa shape index (κ2) is 4.83. The fraction of sp³-hybridized carbons (Fsp3) is 0. The summed E-state index contributed by atoms with van der Waals surface area (Å²) in [6.45, 7) is 0. The third-order valence-electron chi connectivity index (χ3n) is 2.12. The van der Waals surface area contributed by atoms with E-state index in [-0.39, 0.29) is 20.5 Å². The van der Waals surface area contributed by atoms with E-state index >= 15 is 0 Å². The van der Waals surface area contributed by atoms with Crippen LogP contribution >= 0.6 is 24.0 Å². The molecule has 0 unspecified atom stereocenters. The molecule has 0 atom stereocenters. The van der Waals surface area contributed by atoms with Crippen molar-refractivity contribution in [1.29, 1.82) is 0 Å². The van der Waals surface area contributed by atoms with E-state index in [0.717, 1.165) is 30.0 Å². The van der Waals surface area contributed by atoms with Crippen LogP contribution in [0.4, 0.5) is 10.1 Å². The SMILES string of the molecule is O=C1NC(=S)S/C1=C\c1cc([N+](=O)[O-])ccc1F. The van der Waals surface area contributed by atoms with Crippen molar-refractivity contribution >= 4 is 46.0 Å². The fourth-order valence-electron chi connectivity index (χ4n) is 1.32. The quantitative estimate of drug-likeness (QED) is 0.390. The molecule has 1 aliphatic heterocycles. The average molecular weight is 284 g/mol. The molecule has 1 fully saturated rings. The number of benzene rings is 1. The number of rotatable bonds is 2. The highest BCUT2D eigenvalue weighted by Gasteiger charge is 2.22. The van der Waals surface area contributed by atoms with Gasteiger partial charge in [-0.1, -0.05) is 24.0 Å². The van der Waals surface area contributed by atoms with Gasteiger partial charge in [0.1, 0.15) is 10.1 Å². The predicted molar refractivity (Wildman–Crippen MR) is 69.4 cm³/mol. The largest absolute Gasteiger partial charge is 0.307 e. The third-order valence-corrected chi connectivity index (χ3v) is 3.28. The first-order chi connectivity index (χ1) is 8.47. The van der Waals surface area contributed by atoms with Gasteiger partial charge < -0.3 is 5.32 Å². The topological polar surface area (TPSA) is 72.2 Å². The van der Waals surface area contributed by atoms with Crippen LogP contribution in [0.3, 0.4) is 0 Å². The van der Waals surface area contributed by atoms with Crippen LogP contribution in [0.2, 0.25) is 0 Å². The first-order valence-corrected chi connectivity index (χ1v) is 5.88. The van der Waals surface area contributed by atoms with Crippen LogP contribution in [0.25, 0.3) is 6.08 Å². The van der Waals surface area contributed by atoms with Crippen molar-refractivity contribution in [3.05, 3.63) is 44.6 Å². The number of hydrogen-bond acceptors (Lipinski definition) is 5. The van der Waals surface area contributed by atoms with Crippen LogP contribution in [0.1, 0.15) is 5.56 Å². The molecular weight excluding hydrogens is 279 g/mol. The lowest BCUT2D eigenvalue weighted by Gasteiger charge is -1.98. The van der Waals surface area contributed by atoms with Gasteiger partial charge in [0.15, 0.2) is 0 Å². The highest BCUT2D eigenvalue weighted by Crippen LogP contribution is 2.27. The zero-order valence-corrected chi connectivity index (χ0v) is 10.3. The molecule has 5 nitrogen and oxygen atoms in total. The fourth-order valence-corrected chi connectivity index (χ4v) is 2.35. The lowest BCUT2D eigenvalue weighted by atomic mass is 10.1. The van der Waals surface area contributed by atoms with Crippen molar-refractivity contribution in [3.63, 3.8) is 0 Å². The maximum atomic E-state index is 13.5. The Bertz CT molecular complexity index is 601. The zero-order valence-electron chi connectivity index (χ0n) is 8.68. The minimum absolute atomic E-state index is 0.0217. The molecule has 0 aliphatic carbocycles. The molecule has 1 aromatic rings. The molecule has 0 aromatic heterocycles. The summed E-state index contributed by atoms with van der Waals surface area (Å²) >= 11 is 5.76. The molecule has 0 radical (unpaired) electrons. The number of halogens is 1. The summed E-state index contributed by atoms with van der Waals surface area (Å²) in [5.74, 6) is -1.07. The second-order valence-corrected chi connectivity index (χ2v) is 5.03. The molecule has 1 aromatic carbocycles. The molecular formula is C10H5FN2O3S2. The van der Waals surface area contributed by atoms with Crippen molar-refractivity contribution in [1.82, 2.24) is 5.32 Å².